The van der Waals surface area contributed by atoms with E-state index in [4.69, 9.17) is 0 Å². The number of fused-ring (bicyclic) bond motifs is 1. The van der Waals surface area contributed by atoms with Gasteiger partial charge in [-0.3, -0.25) is 14.7 Å². The number of hydrogen-bond donors (Lipinski definition) is 2. The molecular weight excluding hydrogens is 422 g/mol. The average Bonchev–Trinajstić information content (AvgIpc) is 3.17. The summed E-state index contributed by atoms with van der Waals surface area (Å²) < 4.78 is 1.53. The zero-order chi connectivity index (χ0) is 22.5. The predicted molar refractivity (Wildman–Crippen MR) is 127 cm³/mol. The number of hydrogen-bond acceptors (Lipinski definition) is 5. The van der Waals surface area contributed by atoms with Gasteiger partial charge in [0.2, 0.25) is 5.91 Å². The van der Waals surface area contributed by atoms with E-state index >= 15 is 0 Å². The minimum absolute atomic E-state index is 0.0580. The summed E-state index contributed by atoms with van der Waals surface area (Å²) in [6.45, 7) is 4.00. The van der Waals surface area contributed by atoms with Crippen LogP contribution in [0.15, 0.2) is 70.6 Å². The van der Waals surface area contributed by atoms with Crippen LogP contribution >= 0.6 is 11.8 Å². The van der Waals surface area contributed by atoms with Gasteiger partial charge in [-0.1, -0.05) is 66.4 Å². The summed E-state index contributed by atoms with van der Waals surface area (Å²) >= 11 is 1.27. The molecule has 2 aromatic carbocycles. The molecule has 0 spiro atoms. The van der Waals surface area contributed by atoms with E-state index in [-0.39, 0.29) is 23.3 Å². The number of benzene rings is 2. The molecule has 164 valence electrons. The molecule has 0 unspecified atom stereocenters. The van der Waals surface area contributed by atoms with Crippen LogP contribution in [-0.2, 0) is 11.2 Å². The summed E-state index contributed by atoms with van der Waals surface area (Å²) in [5.74, 6) is 0.644. The van der Waals surface area contributed by atoms with E-state index in [1.54, 1.807) is 0 Å². The number of carbonyl (C=O) groups excluding carboxylic acids is 1. The van der Waals surface area contributed by atoms with E-state index in [1.807, 2.05) is 56.3 Å². The summed E-state index contributed by atoms with van der Waals surface area (Å²) in [6.07, 6.45) is 1.77. The fraction of sp³-hybridized carbons (Fsp3) is 0.250. The Labute approximate surface area is 190 Å². The first kappa shape index (κ1) is 21.8. The molecule has 4 aromatic rings. The molecule has 0 saturated heterocycles. The molecule has 2 N–H and O–H groups in total. The smallest absolute Gasteiger partial charge is 0.266 e. The van der Waals surface area contributed by atoms with Crippen LogP contribution in [0.25, 0.3) is 17.0 Å². The van der Waals surface area contributed by atoms with E-state index in [1.165, 1.54) is 27.9 Å². The number of nitrogens with one attached hydrogen (secondary N) is 2. The average molecular weight is 448 g/mol. The van der Waals surface area contributed by atoms with Crippen LogP contribution in [0, 0.1) is 6.92 Å². The summed E-state index contributed by atoms with van der Waals surface area (Å²) in [5.41, 5.74) is 3.40. The number of amides is 1. The third kappa shape index (κ3) is 5.26. The molecule has 0 fully saturated rings. The van der Waals surface area contributed by atoms with Crippen LogP contribution in [0.5, 0.6) is 0 Å². The Morgan fingerprint density at radius 1 is 1.12 bits per heavy atom. The van der Waals surface area contributed by atoms with Crippen LogP contribution in [0.4, 0.5) is 0 Å². The summed E-state index contributed by atoms with van der Waals surface area (Å²) in [6, 6.07) is 19.5. The van der Waals surface area contributed by atoms with Gasteiger partial charge in [-0.05, 0) is 37.8 Å². The van der Waals surface area contributed by atoms with Crippen molar-refractivity contribution in [2.75, 3.05) is 5.75 Å². The Balaban J connectivity index is 1.44. The number of thioether (sulfide) groups is 1. The minimum atomic E-state index is -0.262. The van der Waals surface area contributed by atoms with E-state index in [0.29, 0.717) is 16.6 Å². The molecule has 1 amide bonds. The SMILES string of the molecule is Cc1ccccc1-c1nc(SCC(=O)N[C@@H](C)CCc2ccccc2)n2[nH]c(=O)cc2n1. The Kier molecular flexibility index (Phi) is 6.70. The van der Waals surface area contributed by atoms with Crippen molar-refractivity contribution in [1.29, 1.82) is 0 Å². The van der Waals surface area contributed by atoms with Crippen molar-refractivity contribution in [1.82, 2.24) is 24.9 Å². The molecule has 7 nitrogen and oxygen atoms in total. The zero-order valence-corrected chi connectivity index (χ0v) is 18.9. The van der Waals surface area contributed by atoms with Gasteiger partial charge in [0.15, 0.2) is 16.6 Å². The summed E-state index contributed by atoms with van der Waals surface area (Å²) in [4.78, 5) is 33.6. The van der Waals surface area contributed by atoms with Gasteiger partial charge in [-0.15, -0.1) is 0 Å². The fourth-order valence-corrected chi connectivity index (χ4v) is 4.23. The number of nitrogens with zero attached hydrogens (tertiary/aromatic N) is 3. The summed E-state index contributed by atoms with van der Waals surface area (Å²) in [5, 5.41) is 6.27. The van der Waals surface area contributed by atoms with Crippen molar-refractivity contribution < 1.29 is 4.79 Å². The number of carbonyl (C=O) groups is 1. The maximum atomic E-state index is 12.5. The van der Waals surface area contributed by atoms with Gasteiger partial charge < -0.3 is 5.32 Å². The second-order valence-corrected chi connectivity index (χ2v) is 8.68. The molecule has 8 heteroatoms. The molecule has 2 aromatic heterocycles. The lowest BCUT2D eigenvalue weighted by atomic mass is 10.1. The van der Waals surface area contributed by atoms with Crippen molar-refractivity contribution in [2.24, 2.45) is 0 Å². The molecule has 4 rings (SSSR count). The first-order valence-corrected chi connectivity index (χ1v) is 11.5. The van der Waals surface area contributed by atoms with Gasteiger partial charge in [-0.25, -0.2) is 14.5 Å². The molecule has 32 heavy (non-hydrogen) atoms. The molecule has 0 saturated carbocycles. The second-order valence-electron chi connectivity index (χ2n) is 7.74. The van der Waals surface area contributed by atoms with E-state index < -0.39 is 0 Å². The first-order valence-electron chi connectivity index (χ1n) is 10.5. The molecule has 0 aliphatic carbocycles. The van der Waals surface area contributed by atoms with Gasteiger partial charge in [0.1, 0.15) is 0 Å². The fourth-order valence-electron chi connectivity index (χ4n) is 3.47. The van der Waals surface area contributed by atoms with Crippen LogP contribution < -0.4 is 10.9 Å². The largest absolute Gasteiger partial charge is 0.353 e. The normalized spacial score (nSPS) is 12.1. The monoisotopic (exact) mass is 447 g/mol. The highest BCUT2D eigenvalue weighted by Gasteiger charge is 2.15. The quantitative estimate of drug-likeness (QED) is 0.403. The molecule has 1 atom stereocenters. The Hall–Kier alpha value is -3.39. The van der Waals surface area contributed by atoms with Crippen molar-refractivity contribution in [3.05, 3.63) is 82.1 Å². The lowest BCUT2D eigenvalue weighted by Gasteiger charge is -2.14. The van der Waals surface area contributed by atoms with Gasteiger partial charge in [0.25, 0.3) is 5.56 Å². The lowest BCUT2D eigenvalue weighted by Crippen LogP contribution is -2.34. The molecule has 0 aliphatic rings. The Bertz CT molecular complexity index is 1280. The standard InChI is InChI=1S/C24H25N5O2S/c1-16-8-6-7-11-19(16)23-26-20-14-21(30)28-29(20)24(27-23)32-15-22(31)25-17(2)12-13-18-9-4-3-5-10-18/h3-11,14,17H,12-13,15H2,1-2H3,(H,25,31)(H,28,30)/t17-/m0/s1. The highest BCUT2D eigenvalue weighted by atomic mass is 32.2. The van der Waals surface area contributed by atoms with Gasteiger partial charge in [-0.2, -0.15) is 0 Å². The predicted octanol–water partition coefficient (Wildman–Crippen LogP) is 3.62. The molecule has 0 radical (unpaired) electrons. The lowest BCUT2D eigenvalue weighted by molar-refractivity contribution is -0.119. The second kappa shape index (κ2) is 9.82. The Morgan fingerprint density at radius 2 is 1.88 bits per heavy atom. The van der Waals surface area contributed by atoms with Crippen molar-refractivity contribution >= 4 is 23.3 Å². The maximum Gasteiger partial charge on any atom is 0.266 e. The summed E-state index contributed by atoms with van der Waals surface area (Å²) in [7, 11) is 0. The van der Waals surface area contributed by atoms with Crippen LogP contribution in [0.3, 0.4) is 0 Å². The number of aryl methyl sites for hydroxylation is 2. The molecule has 0 aliphatic heterocycles. The van der Waals surface area contributed by atoms with Gasteiger partial charge in [0.05, 0.1) is 5.75 Å². The van der Waals surface area contributed by atoms with Crippen LogP contribution in [-0.4, -0.2) is 37.3 Å². The van der Waals surface area contributed by atoms with Crippen molar-refractivity contribution in [3.63, 3.8) is 0 Å². The third-order valence-corrected chi connectivity index (χ3v) is 6.10. The van der Waals surface area contributed by atoms with E-state index in [0.717, 1.165) is 24.0 Å². The maximum absolute atomic E-state index is 12.5. The topological polar surface area (TPSA) is 92.2 Å². The number of rotatable bonds is 8. The molecule has 2 heterocycles. The molecular formula is C24H25N5O2S. The van der Waals surface area contributed by atoms with Crippen molar-refractivity contribution in [2.45, 2.75) is 37.9 Å². The number of aromatic amines is 1. The number of H-pyrrole nitrogens is 1. The Morgan fingerprint density at radius 3 is 2.66 bits per heavy atom. The van der Waals surface area contributed by atoms with Gasteiger partial charge >= 0.3 is 0 Å². The molecule has 0 bridgehead atoms. The van der Waals surface area contributed by atoms with Crippen molar-refractivity contribution in [3.8, 4) is 11.4 Å². The number of aromatic nitrogens is 4. The zero-order valence-electron chi connectivity index (χ0n) is 18.0. The highest BCUT2D eigenvalue weighted by molar-refractivity contribution is 7.99. The third-order valence-electron chi connectivity index (χ3n) is 5.16. The minimum Gasteiger partial charge on any atom is -0.353 e. The van der Waals surface area contributed by atoms with E-state index in [2.05, 4.69) is 32.5 Å². The van der Waals surface area contributed by atoms with Crippen LogP contribution in [0.1, 0.15) is 24.5 Å². The van der Waals surface area contributed by atoms with Gasteiger partial charge in [0, 0.05) is 17.7 Å². The highest BCUT2D eigenvalue weighted by Crippen LogP contribution is 2.23. The van der Waals surface area contributed by atoms with E-state index in [9.17, 15) is 9.59 Å². The van der Waals surface area contributed by atoms with Crippen LogP contribution in [0.2, 0.25) is 0 Å². The first-order chi connectivity index (χ1) is 15.5.